The van der Waals surface area contributed by atoms with Crippen molar-refractivity contribution in [1.29, 1.82) is 0 Å². The molecule has 1 aliphatic rings. The van der Waals surface area contributed by atoms with Crippen LogP contribution in [0, 0.1) is 5.92 Å². The van der Waals surface area contributed by atoms with E-state index in [4.69, 9.17) is 4.74 Å². The van der Waals surface area contributed by atoms with Gasteiger partial charge < -0.3 is 15.4 Å². The van der Waals surface area contributed by atoms with Gasteiger partial charge in [-0.05, 0) is 64.6 Å². The molecule has 1 saturated heterocycles. The van der Waals surface area contributed by atoms with Crippen LogP contribution in [0.3, 0.4) is 0 Å². The molecule has 4 heteroatoms. The number of alkyl carbamates (subject to hydrolysis) is 1. The van der Waals surface area contributed by atoms with Crippen molar-refractivity contribution in [2.75, 3.05) is 13.1 Å². The maximum Gasteiger partial charge on any atom is 0.408 e. The van der Waals surface area contributed by atoms with E-state index >= 15 is 0 Å². The Morgan fingerprint density at radius 2 is 1.92 bits per heavy atom. The zero-order valence-corrected chi connectivity index (χ0v) is 15.3. The predicted octanol–water partition coefficient (Wildman–Crippen LogP) is 4.42. The third kappa shape index (κ3) is 6.91. The molecule has 0 radical (unpaired) electrons. The van der Waals surface area contributed by atoms with Crippen LogP contribution in [0.15, 0.2) is 30.3 Å². The minimum atomic E-state index is -0.472. The standard InChI is InChI=1S/C20H32N2O2/c1-20(2,3)24-19(23)22-18(17-9-5-4-6-10-17)11-7-8-16-12-14-21-15-13-16/h4-6,9-10,16,18,21H,7-8,11-15H2,1-3H3,(H,22,23). The molecule has 1 atom stereocenters. The molecule has 1 unspecified atom stereocenters. The van der Waals surface area contributed by atoms with Crippen LogP contribution in [0.1, 0.15) is 64.5 Å². The van der Waals surface area contributed by atoms with E-state index in [1.807, 2.05) is 39.0 Å². The van der Waals surface area contributed by atoms with Crippen molar-refractivity contribution in [3.05, 3.63) is 35.9 Å². The molecule has 2 rings (SSSR count). The maximum absolute atomic E-state index is 12.2. The lowest BCUT2D eigenvalue weighted by atomic mass is 9.90. The first-order valence-corrected chi connectivity index (χ1v) is 9.19. The monoisotopic (exact) mass is 332 g/mol. The molecule has 1 heterocycles. The molecule has 0 spiro atoms. The van der Waals surface area contributed by atoms with E-state index in [1.165, 1.54) is 19.3 Å². The van der Waals surface area contributed by atoms with Crippen molar-refractivity contribution in [3.63, 3.8) is 0 Å². The summed E-state index contributed by atoms with van der Waals surface area (Å²) in [5.41, 5.74) is 0.675. The van der Waals surface area contributed by atoms with Crippen LogP contribution in [-0.4, -0.2) is 24.8 Å². The van der Waals surface area contributed by atoms with Gasteiger partial charge in [0.15, 0.2) is 0 Å². The highest BCUT2D eigenvalue weighted by Crippen LogP contribution is 2.24. The van der Waals surface area contributed by atoms with E-state index in [2.05, 4.69) is 22.8 Å². The molecule has 24 heavy (non-hydrogen) atoms. The quantitative estimate of drug-likeness (QED) is 0.810. The molecule has 2 N–H and O–H groups in total. The summed E-state index contributed by atoms with van der Waals surface area (Å²) in [7, 11) is 0. The normalized spacial score (nSPS) is 17.3. The fourth-order valence-corrected chi connectivity index (χ4v) is 3.24. The summed E-state index contributed by atoms with van der Waals surface area (Å²) in [6, 6.07) is 10.2. The van der Waals surface area contributed by atoms with Crippen LogP contribution in [0.2, 0.25) is 0 Å². The molecule has 0 saturated carbocycles. The number of carbonyl (C=O) groups is 1. The van der Waals surface area contributed by atoms with Crippen molar-refractivity contribution in [1.82, 2.24) is 10.6 Å². The van der Waals surface area contributed by atoms with Crippen molar-refractivity contribution >= 4 is 6.09 Å². The zero-order chi connectivity index (χ0) is 17.4. The van der Waals surface area contributed by atoms with Crippen molar-refractivity contribution in [2.45, 2.75) is 64.5 Å². The second kappa shape index (κ2) is 9.07. The number of rotatable bonds is 6. The molecular weight excluding hydrogens is 300 g/mol. The van der Waals surface area contributed by atoms with E-state index in [0.717, 1.165) is 37.4 Å². The molecule has 1 aliphatic heterocycles. The highest BCUT2D eigenvalue weighted by molar-refractivity contribution is 5.68. The SMILES string of the molecule is CC(C)(C)OC(=O)NC(CCCC1CCNCC1)c1ccccc1. The van der Waals surface area contributed by atoms with Crippen LogP contribution in [0.25, 0.3) is 0 Å². The summed E-state index contributed by atoms with van der Waals surface area (Å²) in [5, 5.41) is 6.47. The molecule has 0 aromatic heterocycles. The maximum atomic E-state index is 12.2. The minimum absolute atomic E-state index is 0.0164. The Morgan fingerprint density at radius 3 is 2.54 bits per heavy atom. The number of amides is 1. The topological polar surface area (TPSA) is 50.4 Å². The molecule has 0 bridgehead atoms. The lowest BCUT2D eigenvalue weighted by Crippen LogP contribution is -2.35. The smallest absolute Gasteiger partial charge is 0.408 e. The lowest BCUT2D eigenvalue weighted by molar-refractivity contribution is 0.0500. The summed E-state index contributed by atoms with van der Waals surface area (Å²) < 4.78 is 5.43. The second-order valence-electron chi connectivity index (χ2n) is 7.73. The third-order valence-corrected chi connectivity index (χ3v) is 4.46. The Bertz CT molecular complexity index is 490. The summed E-state index contributed by atoms with van der Waals surface area (Å²) in [4.78, 5) is 12.2. The van der Waals surface area contributed by atoms with Crippen molar-refractivity contribution < 1.29 is 9.53 Å². The van der Waals surface area contributed by atoms with E-state index < -0.39 is 5.60 Å². The Hall–Kier alpha value is -1.55. The summed E-state index contributed by atoms with van der Waals surface area (Å²) in [6.45, 7) is 7.95. The van der Waals surface area contributed by atoms with Crippen molar-refractivity contribution in [2.24, 2.45) is 5.92 Å². The second-order valence-corrected chi connectivity index (χ2v) is 7.73. The lowest BCUT2D eigenvalue weighted by Gasteiger charge is -2.25. The summed E-state index contributed by atoms with van der Waals surface area (Å²) >= 11 is 0. The summed E-state index contributed by atoms with van der Waals surface area (Å²) in [6.07, 6.45) is 5.53. The molecular formula is C20H32N2O2. The van der Waals surface area contributed by atoms with E-state index in [1.54, 1.807) is 0 Å². The van der Waals surface area contributed by atoms with Gasteiger partial charge in [0.25, 0.3) is 0 Å². The molecule has 1 aromatic carbocycles. The largest absolute Gasteiger partial charge is 0.444 e. The van der Waals surface area contributed by atoms with Crippen molar-refractivity contribution in [3.8, 4) is 0 Å². The molecule has 1 fully saturated rings. The highest BCUT2D eigenvalue weighted by Gasteiger charge is 2.21. The predicted molar refractivity (Wildman–Crippen MR) is 98.0 cm³/mol. The fraction of sp³-hybridized carbons (Fsp3) is 0.650. The average molecular weight is 332 g/mol. The molecule has 0 aliphatic carbocycles. The molecule has 4 nitrogen and oxygen atoms in total. The van der Waals surface area contributed by atoms with E-state index in [-0.39, 0.29) is 12.1 Å². The van der Waals surface area contributed by atoms with Gasteiger partial charge in [0.1, 0.15) is 5.60 Å². The molecule has 1 amide bonds. The minimum Gasteiger partial charge on any atom is -0.444 e. The first-order valence-electron chi connectivity index (χ1n) is 9.19. The van der Waals surface area contributed by atoms with Crippen LogP contribution in [-0.2, 0) is 4.74 Å². The third-order valence-electron chi connectivity index (χ3n) is 4.46. The molecule has 134 valence electrons. The average Bonchev–Trinajstić information content (AvgIpc) is 2.54. The number of benzene rings is 1. The fourth-order valence-electron chi connectivity index (χ4n) is 3.24. The van der Waals surface area contributed by atoms with Gasteiger partial charge in [-0.2, -0.15) is 0 Å². The zero-order valence-electron chi connectivity index (χ0n) is 15.3. The summed E-state index contributed by atoms with van der Waals surface area (Å²) in [5.74, 6) is 0.823. The van der Waals surface area contributed by atoms with Crippen LogP contribution >= 0.6 is 0 Å². The first-order chi connectivity index (χ1) is 11.4. The molecule has 1 aromatic rings. The van der Waals surface area contributed by atoms with E-state index in [9.17, 15) is 4.79 Å². The first kappa shape index (κ1) is 18.8. The van der Waals surface area contributed by atoms with Gasteiger partial charge in [0, 0.05) is 0 Å². The Morgan fingerprint density at radius 1 is 1.25 bits per heavy atom. The van der Waals surface area contributed by atoms with Gasteiger partial charge in [-0.3, -0.25) is 0 Å². The number of hydrogen-bond acceptors (Lipinski definition) is 3. The highest BCUT2D eigenvalue weighted by atomic mass is 16.6. The number of ether oxygens (including phenoxy) is 1. The van der Waals surface area contributed by atoms with Crippen LogP contribution in [0.4, 0.5) is 4.79 Å². The Labute approximate surface area is 146 Å². The van der Waals surface area contributed by atoms with Gasteiger partial charge >= 0.3 is 6.09 Å². The van der Waals surface area contributed by atoms with Gasteiger partial charge in [0.05, 0.1) is 6.04 Å². The Kier molecular flexibility index (Phi) is 7.10. The number of nitrogens with one attached hydrogen (secondary N) is 2. The van der Waals surface area contributed by atoms with Gasteiger partial charge in [-0.15, -0.1) is 0 Å². The van der Waals surface area contributed by atoms with Gasteiger partial charge in [0.2, 0.25) is 0 Å². The van der Waals surface area contributed by atoms with E-state index in [0.29, 0.717) is 0 Å². The number of piperidine rings is 1. The Balaban J connectivity index is 1.89. The van der Waals surface area contributed by atoms with Gasteiger partial charge in [-0.1, -0.05) is 43.2 Å². The van der Waals surface area contributed by atoms with Crippen LogP contribution < -0.4 is 10.6 Å². The van der Waals surface area contributed by atoms with Gasteiger partial charge in [-0.25, -0.2) is 4.79 Å². The van der Waals surface area contributed by atoms with Crippen LogP contribution in [0.5, 0.6) is 0 Å². The number of carbonyl (C=O) groups excluding carboxylic acids is 1. The number of hydrogen-bond donors (Lipinski definition) is 2.